The average Bonchev–Trinajstić information content (AvgIpc) is 2.83. The summed E-state index contributed by atoms with van der Waals surface area (Å²) in [6, 6.07) is 8.48. The molecule has 0 spiro atoms. The third kappa shape index (κ3) is 6.83. The summed E-state index contributed by atoms with van der Waals surface area (Å²) in [4.78, 5) is 0. The molecule has 31 heavy (non-hydrogen) atoms. The Balaban J connectivity index is 1.10. The molecule has 2 aliphatic carbocycles. The van der Waals surface area contributed by atoms with Crippen molar-refractivity contribution in [3.8, 4) is 0 Å². The van der Waals surface area contributed by atoms with Crippen LogP contribution in [0.15, 0.2) is 36.9 Å². The van der Waals surface area contributed by atoms with Gasteiger partial charge in [0.25, 0.3) is 0 Å². The van der Waals surface area contributed by atoms with Crippen molar-refractivity contribution in [3.05, 3.63) is 47.5 Å². The van der Waals surface area contributed by atoms with Gasteiger partial charge in [-0.15, -0.1) is 6.58 Å². The number of allylic oxidation sites excluding steroid dienone is 1. The highest BCUT2D eigenvalue weighted by atomic mass is 35.5. The Bertz CT molecular complexity index is 648. The van der Waals surface area contributed by atoms with Crippen molar-refractivity contribution in [2.24, 2.45) is 23.7 Å². The van der Waals surface area contributed by atoms with Crippen molar-refractivity contribution in [3.63, 3.8) is 0 Å². The molecule has 1 aliphatic heterocycles. The molecule has 2 nitrogen and oxygen atoms in total. The van der Waals surface area contributed by atoms with Crippen LogP contribution >= 0.6 is 11.6 Å². The molecule has 0 N–H and O–H groups in total. The van der Waals surface area contributed by atoms with Crippen molar-refractivity contribution in [2.45, 2.75) is 89.3 Å². The minimum atomic E-state index is 0.0363. The molecule has 3 heteroatoms. The number of ether oxygens (including phenoxy) is 2. The first-order valence-electron chi connectivity index (χ1n) is 12.8. The maximum Gasteiger partial charge on any atom is 0.157 e. The van der Waals surface area contributed by atoms with Crippen molar-refractivity contribution in [2.75, 3.05) is 13.2 Å². The second kappa shape index (κ2) is 11.9. The summed E-state index contributed by atoms with van der Waals surface area (Å²) < 4.78 is 12.4. The number of hydrogen-bond acceptors (Lipinski definition) is 2. The first-order chi connectivity index (χ1) is 15.2. The molecule has 1 aromatic rings. The van der Waals surface area contributed by atoms with Gasteiger partial charge in [-0.25, -0.2) is 0 Å². The van der Waals surface area contributed by atoms with E-state index in [4.69, 9.17) is 21.1 Å². The van der Waals surface area contributed by atoms with Crippen LogP contribution in [0.25, 0.3) is 0 Å². The van der Waals surface area contributed by atoms with Crippen LogP contribution in [0.2, 0.25) is 5.02 Å². The predicted octanol–water partition coefficient (Wildman–Crippen LogP) is 8.16. The van der Waals surface area contributed by atoms with Crippen molar-refractivity contribution < 1.29 is 9.47 Å². The van der Waals surface area contributed by atoms with E-state index in [1.165, 1.54) is 76.2 Å². The lowest BCUT2D eigenvalue weighted by Crippen LogP contribution is -2.37. The lowest BCUT2D eigenvalue weighted by Gasteiger charge is -2.38. The zero-order valence-electron chi connectivity index (χ0n) is 19.2. The molecule has 0 bridgehead atoms. The van der Waals surface area contributed by atoms with Gasteiger partial charge in [-0.05, 0) is 106 Å². The summed E-state index contributed by atoms with van der Waals surface area (Å²) in [5, 5.41) is 0.836. The maximum atomic E-state index is 6.18. The molecule has 0 atom stereocenters. The third-order valence-electron chi connectivity index (χ3n) is 8.33. The largest absolute Gasteiger partial charge is 0.352 e. The Morgan fingerprint density at radius 3 is 2.03 bits per heavy atom. The molecule has 0 aromatic heterocycles. The summed E-state index contributed by atoms with van der Waals surface area (Å²) in [5.74, 6) is 3.89. The Morgan fingerprint density at radius 2 is 1.39 bits per heavy atom. The predicted molar refractivity (Wildman–Crippen MR) is 129 cm³/mol. The van der Waals surface area contributed by atoms with E-state index in [-0.39, 0.29) is 6.29 Å². The summed E-state index contributed by atoms with van der Waals surface area (Å²) in [6.45, 7) is 5.69. The molecule has 172 valence electrons. The fourth-order valence-corrected chi connectivity index (χ4v) is 6.32. The minimum absolute atomic E-state index is 0.0363. The molecule has 1 heterocycles. The topological polar surface area (TPSA) is 18.5 Å². The second-order valence-corrected chi connectivity index (χ2v) is 10.8. The summed E-state index contributed by atoms with van der Waals surface area (Å²) >= 11 is 6.04. The first kappa shape index (κ1) is 23.3. The quantitative estimate of drug-likeness (QED) is 0.376. The first-order valence-corrected chi connectivity index (χ1v) is 13.2. The smallest absolute Gasteiger partial charge is 0.157 e. The summed E-state index contributed by atoms with van der Waals surface area (Å²) in [5.41, 5.74) is 1.46. The fourth-order valence-electron chi connectivity index (χ4n) is 6.19. The van der Waals surface area contributed by atoms with E-state index < -0.39 is 0 Å². The van der Waals surface area contributed by atoms with Gasteiger partial charge in [0.15, 0.2) is 6.29 Å². The second-order valence-electron chi connectivity index (χ2n) is 10.3. The molecular weight excluding hydrogens is 404 g/mol. The summed E-state index contributed by atoms with van der Waals surface area (Å²) in [7, 11) is 0. The van der Waals surface area contributed by atoms with E-state index >= 15 is 0 Å². The van der Waals surface area contributed by atoms with Crippen LogP contribution in [0.5, 0.6) is 0 Å². The van der Waals surface area contributed by atoms with Crippen LogP contribution in [0.4, 0.5) is 0 Å². The van der Waals surface area contributed by atoms with Crippen LogP contribution in [0, 0.1) is 23.7 Å². The number of benzene rings is 1. The molecule has 0 amide bonds. The molecule has 4 rings (SSSR count). The van der Waals surface area contributed by atoms with Gasteiger partial charge in [0.2, 0.25) is 0 Å². The number of halogens is 1. The number of rotatable bonds is 8. The number of hydrogen-bond donors (Lipinski definition) is 0. The molecular formula is C28H41ClO2. The Morgan fingerprint density at radius 1 is 0.774 bits per heavy atom. The average molecular weight is 445 g/mol. The molecule has 2 saturated carbocycles. The fraction of sp³-hybridized carbons (Fsp3) is 0.714. The van der Waals surface area contributed by atoms with E-state index in [2.05, 4.69) is 24.8 Å². The Hall–Kier alpha value is -0.830. The Labute approximate surface area is 194 Å². The highest BCUT2D eigenvalue weighted by Crippen LogP contribution is 2.39. The van der Waals surface area contributed by atoms with Gasteiger partial charge in [0, 0.05) is 10.9 Å². The normalized spacial score (nSPS) is 34.4. The highest BCUT2D eigenvalue weighted by molar-refractivity contribution is 6.30. The molecule has 3 fully saturated rings. The molecule has 0 unspecified atom stereocenters. The standard InChI is InChI=1S/C28H41ClO2/c1-2-3-4-21-5-12-25(13-6-21)26-19-30-28(31-20-26)18-9-22-7-10-23(11-8-22)24-14-16-27(29)17-15-24/h2,14-17,21-23,25-26,28H,1,3-13,18-20H2/t21-,22-,23-,25-,26-,28-. The van der Waals surface area contributed by atoms with Crippen molar-refractivity contribution >= 4 is 11.6 Å². The van der Waals surface area contributed by atoms with Crippen LogP contribution in [0.1, 0.15) is 88.5 Å². The van der Waals surface area contributed by atoms with Gasteiger partial charge in [-0.1, -0.05) is 42.7 Å². The van der Waals surface area contributed by atoms with Gasteiger partial charge in [0.1, 0.15) is 0 Å². The van der Waals surface area contributed by atoms with E-state index in [1.807, 2.05) is 12.1 Å². The van der Waals surface area contributed by atoms with Gasteiger partial charge >= 0.3 is 0 Å². The lowest BCUT2D eigenvalue weighted by molar-refractivity contribution is -0.213. The maximum absolute atomic E-state index is 6.18. The molecule has 1 aromatic carbocycles. The van der Waals surface area contributed by atoms with E-state index in [0.717, 1.165) is 42.4 Å². The molecule has 0 radical (unpaired) electrons. The zero-order chi connectivity index (χ0) is 21.5. The molecule has 1 saturated heterocycles. The van der Waals surface area contributed by atoms with Crippen LogP contribution in [-0.4, -0.2) is 19.5 Å². The van der Waals surface area contributed by atoms with E-state index in [0.29, 0.717) is 11.8 Å². The SMILES string of the molecule is C=CCC[C@H]1CC[C@H]([C@H]2CO[C@H](CC[C@H]3CC[C@H](c4ccc(Cl)cc4)CC3)OC2)CC1. The van der Waals surface area contributed by atoms with E-state index in [9.17, 15) is 0 Å². The third-order valence-corrected chi connectivity index (χ3v) is 8.58. The van der Waals surface area contributed by atoms with Gasteiger partial charge in [-0.3, -0.25) is 0 Å². The highest BCUT2D eigenvalue weighted by Gasteiger charge is 2.32. The van der Waals surface area contributed by atoms with Gasteiger partial charge in [0.05, 0.1) is 13.2 Å². The Kier molecular flexibility index (Phi) is 8.93. The van der Waals surface area contributed by atoms with E-state index in [1.54, 1.807) is 0 Å². The van der Waals surface area contributed by atoms with Crippen molar-refractivity contribution in [1.29, 1.82) is 0 Å². The zero-order valence-corrected chi connectivity index (χ0v) is 19.9. The molecule has 3 aliphatic rings. The lowest BCUT2D eigenvalue weighted by atomic mass is 9.75. The van der Waals surface area contributed by atoms with Crippen molar-refractivity contribution in [1.82, 2.24) is 0 Å². The minimum Gasteiger partial charge on any atom is -0.352 e. The summed E-state index contributed by atoms with van der Waals surface area (Å²) in [6.07, 6.45) is 17.7. The van der Waals surface area contributed by atoms with Crippen LogP contribution in [-0.2, 0) is 9.47 Å². The van der Waals surface area contributed by atoms with Crippen LogP contribution in [0.3, 0.4) is 0 Å². The van der Waals surface area contributed by atoms with Gasteiger partial charge < -0.3 is 9.47 Å². The van der Waals surface area contributed by atoms with Gasteiger partial charge in [-0.2, -0.15) is 0 Å². The van der Waals surface area contributed by atoms with Crippen LogP contribution < -0.4 is 0 Å². The monoisotopic (exact) mass is 444 g/mol.